The number of hydrogen-bond donors (Lipinski definition) is 2. The summed E-state index contributed by atoms with van der Waals surface area (Å²) in [5.74, 6) is -1.81. The maximum atomic E-state index is 12.6. The molecule has 17 heavy (non-hydrogen) atoms. The fourth-order valence-electron chi connectivity index (χ4n) is 3.15. The highest BCUT2D eigenvalue weighted by molar-refractivity contribution is 5.83. The van der Waals surface area contributed by atoms with Crippen molar-refractivity contribution in [2.24, 2.45) is 10.8 Å². The van der Waals surface area contributed by atoms with E-state index in [0.29, 0.717) is 0 Å². The average Bonchev–Trinajstić information content (AvgIpc) is 1.92. The van der Waals surface area contributed by atoms with Gasteiger partial charge < -0.3 is 10.4 Å². The van der Waals surface area contributed by atoms with Crippen LogP contribution in [0.5, 0.6) is 0 Å². The molecule has 0 aromatic rings. The van der Waals surface area contributed by atoms with Crippen LogP contribution in [0.1, 0.15) is 26.2 Å². The zero-order valence-corrected chi connectivity index (χ0v) is 9.10. The SMILES string of the molecule is CC(=O)N[C@H](C(=O)O)C12CC(C(F)(F)F)(C1)C2. The molecule has 3 aliphatic carbocycles. The molecule has 0 aromatic heterocycles. The first-order valence-corrected chi connectivity index (χ1v) is 5.19. The molecule has 0 aromatic carbocycles. The van der Waals surface area contributed by atoms with Crippen LogP contribution < -0.4 is 5.32 Å². The van der Waals surface area contributed by atoms with Gasteiger partial charge in [0, 0.05) is 12.3 Å². The average molecular weight is 251 g/mol. The van der Waals surface area contributed by atoms with Gasteiger partial charge in [-0.1, -0.05) is 0 Å². The minimum absolute atomic E-state index is 0.194. The Balaban J connectivity index is 2.08. The molecule has 96 valence electrons. The van der Waals surface area contributed by atoms with Gasteiger partial charge in [0.05, 0.1) is 5.41 Å². The van der Waals surface area contributed by atoms with Crippen molar-refractivity contribution < 1.29 is 27.9 Å². The lowest BCUT2D eigenvalue weighted by atomic mass is 9.33. The van der Waals surface area contributed by atoms with Gasteiger partial charge in [0.15, 0.2) is 0 Å². The number of carbonyl (C=O) groups is 2. The van der Waals surface area contributed by atoms with Gasteiger partial charge in [-0.25, -0.2) is 4.79 Å². The molecule has 1 atom stereocenters. The monoisotopic (exact) mass is 251 g/mol. The Kier molecular flexibility index (Phi) is 2.25. The van der Waals surface area contributed by atoms with E-state index in [-0.39, 0.29) is 19.3 Å². The molecule has 2 bridgehead atoms. The zero-order valence-electron chi connectivity index (χ0n) is 9.10. The van der Waals surface area contributed by atoms with Crippen LogP contribution in [0.2, 0.25) is 0 Å². The molecule has 3 saturated carbocycles. The Hall–Kier alpha value is -1.27. The summed E-state index contributed by atoms with van der Waals surface area (Å²) in [6, 6.07) is -1.20. The molecule has 0 heterocycles. The summed E-state index contributed by atoms with van der Waals surface area (Å²) in [6.07, 6.45) is -4.85. The second-order valence-electron chi connectivity index (χ2n) is 5.14. The molecule has 0 saturated heterocycles. The van der Waals surface area contributed by atoms with E-state index in [1.807, 2.05) is 0 Å². The smallest absolute Gasteiger partial charge is 0.394 e. The number of carbonyl (C=O) groups excluding carboxylic acids is 1. The summed E-state index contributed by atoms with van der Waals surface area (Å²) in [4.78, 5) is 21.8. The number of amides is 1. The van der Waals surface area contributed by atoms with E-state index in [1.54, 1.807) is 0 Å². The van der Waals surface area contributed by atoms with Crippen LogP contribution in [0.15, 0.2) is 0 Å². The van der Waals surface area contributed by atoms with Gasteiger partial charge in [-0.2, -0.15) is 13.2 Å². The number of rotatable bonds is 3. The maximum Gasteiger partial charge on any atom is 0.394 e. The van der Waals surface area contributed by atoms with Crippen molar-refractivity contribution >= 4 is 11.9 Å². The lowest BCUT2D eigenvalue weighted by molar-refractivity contribution is -0.367. The lowest BCUT2D eigenvalue weighted by Gasteiger charge is -2.72. The summed E-state index contributed by atoms with van der Waals surface area (Å²) in [6.45, 7) is 1.15. The highest BCUT2D eigenvalue weighted by atomic mass is 19.4. The van der Waals surface area contributed by atoms with Gasteiger partial charge >= 0.3 is 12.1 Å². The topological polar surface area (TPSA) is 66.4 Å². The number of halogens is 3. The number of aliphatic carboxylic acids is 1. The second kappa shape index (κ2) is 3.14. The van der Waals surface area contributed by atoms with Crippen LogP contribution in [-0.4, -0.2) is 29.2 Å². The van der Waals surface area contributed by atoms with E-state index >= 15 is 0 Å². The van der Waals surface area contributed by atoms with Crippen LogP contribution in [0, 0.1) is 10.8 Å². The highest BCUT2D eigenvalue weighted by Crippen LogP contribution is 2.79. The fourth-order valence-corrected chi connectivity index (χ4v) is 3.15. The quantitative estimate of drug-likeness (QED) is 0.794. The predicted molar refractivity (Wildman–Crippen MR) is 50.0 cm³/mol. The number of nitrogens with one attached hydrogen (secondary N) is 1. The lowest BCUT2D eigenvalue weighted by Crippen LogP contribution is -2.75. The first-order valence-electron chi connectivity index (χ1n) is 5.19. The molecule has 3 fully saturated rings. The van der Waals surface area contributed by atoms with Crippen LogP contribution >= 0.6 is 0 Å². The minimum atomic E-state index is -4.27. The van der Waals surface area contributed by atoms with E-state index in [4.69, 9.17) is 5.11 Å². The molecule has 0 spiro atoms. The van der Waals surface area contributed by atoms with E-state index in [2.05, 4.69) is 5.32 Å². The van der Waals surface area contributed by atoms with Crippen molar-refractivity contribution in [2.45, 2.75) is 38.4 Å². The number of alkyl halides is 3. The predicted octanol–water partition coefficient (Wildman–Crippen LogP) is 1.31. The summed E-state index contributed by atoms with van der Waals surface area (Å²) >= 11 is 0. The fraction of sp³-hybridized carbons (Fsp3) is 0.800. The van der Waals surface area contributed by atoms with E-state index in [0.717, 1.165) is 6.92 Å². The molecular formula is C10H12F3NO3. The molecule has 3 aliphatic rings. The van der Waals surface area contributed by atoms with Crippen molar-refractivity contribution in [3.8, 4) is 0 Å². The van der Waals surface area contributed by atoms with E-state index in [1.165, 1.54) is 0 Å². The van der Waals surface area contributed by atoms with Crippen LogP contribution in [0.25, 0.3) is 0 Å². The summed E-state index contributed by atoms with van der Waals surface area (Å²) < 4.78 is 37.8. The molecule has 3 rings (SSSR count). The van der Waals surface area contributed by atoms with Gasteiger partial charge in [0.1, 0.15) is 6.04 Å². The van der Waals surface area contributed by atoms with Crippen molar-refractivity contribution in [3.05, 3.63) is 0 Å². The Morgan fingerprint density at radius 1 is 1.29 bits per heavy atom. The molecule has 2 N–H and O–H groups in total. The molecule has 0 radical (unpaired) electrons. The Labute approximate surface area is 95.2 Å². The number of hydrogen-bond acceptors (Lipinski definition) is 2. The molecule has 4 nitrogen and oxygen atoms in total. The third kappa shape index (κ3) is 1.51. The van der Waals surface area contributed by atoms with Crippen molar-refractivity contribution in [2.75, 3.05) is 0 Å². The van der Waals surface area contributed by atoms with Gasteiger partial charge in [-0.05, 0) is 19.3 Å². The molecular weight excluding hydrogens is 239 g/mol. The van der Waals surface area contributed by atoms with Crippen molar-refractivity contribution in [3.63, 3.8) is 0 Å². The second-order valence-corrected chi connectivity index (χ2v) is 5.14. The van der Waals surface area contributed by atoms with E-state index in [9.17, 15) is 22.8 Å². The Morgan fingerprint density at radius 2 is 1.76 bits per heavy atom. The summed E-state index contributed by atoms with van der Waals surface area (Å²) in [7, 11) is 0. The number of carboxylic acid groups (broad SMARTS) is 1. The third-order valence-electron chi connectivity index (χ3n) is 3.88. The number of carboxylic acids is 1. The van der Waals surface area contributed by atoms with Gasteiger partial charge in [-0.3, -0.25) is 4.79 Å². The zero-order chi connectivity index (χ0) is 13.1. The van der Waals surface area contributed by atoms with Gasteiger partial charge in [0.2, 0.25) is 5.91 Å². The third-order valence-corrected chi connectivity index (χ3v) is 3.88. The van der Waals surface area contributed by atoms with Gasteiger partial charge in [-0.15, -0.1) is 0 Å². The first kappa shape index (κ1) is 12.2. The summed E-state index contributed by atoms with van der Waals surface area (Å²) in [5, 5.41) is 11.2. The first-order chi connectivity index (χ1) is 7.62. The van der Waals surface area contributed by atoms with Crippen molar-refractivity contribution in [1.82, 2.24) is 5.32 Å². The normalized spacial score (nSPS) is 36.5. The maximum absolute atomic E-state index is 12.6. The minimum Gasteiger partial charge on any atom is -0.480 e. The largest absolute Gasteiger partial charge is 0.480 e. The van der Waals surface area contributed by atoms with Crippen LogP contribution in [-0.2, 0) is 9.59 Å². The highest BCUT2D eigenvalue weighted by Gasteiger charge is 2.81. The Bertz CT molecular complexity index is 371. The molecule has 0 aliphatic heterocycles. The van der Waals surface area contributed by atoms with Gasteiger partial charge in [0.25, 0.3) is 0 Å². The standard InChI is InChI=1S/C10H12F3NO3/c1-5(15)14-6(7(16)17)8-2-9(3-8,4-8)10(11,12)13/h6H,2-4H2,1H3,(H,14,15)(H,16,17)/t6-,8?,9?/m1/s1. The Morgan fingerprint density at radius 3 is 2.06 bits per heavy atom. The van der Waals surface area contributed by atoms with E-state index < -0.39 is 34.9 Å². The van der Waals surface area contributed by atoms with Crippen LogP contribution in [0.3, 0.4) is 0 Å². The van der Waals surface area contributed by atoms with Crippen molar-refractivity contribution in [1.29, 1.82) is 0 Å². The van der Waals surface area contributed by atoms with Crippen LogP contribution in [0.4, 0.5) is 13.2 Å². The molecule has 7 heteroatoms. The molecule has 1 amide bonds. The molecule has 0 unspecified atom stereocenters. The summed E-state index contributed by atoms with van der Waals surface area (Å²) in [5.41, 5.74) is -2.59.